The molecule has 0 aromatic heterocycles. The van der Waals surface area contributed by atoms with Gasteiger partial charge in [-0.15, -0.1) is 0 Å². The second kappa shape index (κ2) is 56.7. The van der Waals surface area contributed by atoms with Crippen molar-refractivity contribution in [1.82, 2.24) is 49.8 Å². The molecule has 0 aromatic rings. The van der Waals surface area contributed by atoms with E-state index in [4.69, 9.17) is 27.0 Å². The number of aliphatic hydroxyl groups is 1. The molecule has 9 N–H and O–H groups in total. The summed E-state index contributed by atoms with van der Waals surface area (Å²) in [5, 5.41) is 16.6. The molecule has 0 saturated carbocycles. The van der Waals surface area contributed by atoms with Crippen LogP contribution in [0.4, 0.5) is 0 Å². The van der Waals surface area contributed by atoms with E-state index in [1.165, 1.54) is 264 Å². The van der Waals surface area contributed by atoms with E-state index in [2.05, 4.69) is 195 Å². The fraction of sp³-hybridized carbons (Fsp3) is 1.00. The molecule has 15 nitrogen and oxygen atoms in total. The highest BCUT2D eigenvalue weighted by molar-refractivity contribution is 5.04. The van der Waals surface area contributed by atoms with Gasteiger partial charge in [0.2, 0.25) is 0 Å². The minimum Gasteiger partial charge on any atom is -0.395 e. The molecule has 640 valence electrons. The molecule has 0 aliphatic carbocycles. The number of nitrogens with two attached hydrogens (primary N) is 3. The SMILES string of the molecule is CC(C)N1CCCCC1C(C)(C)N1CCCC1.CCC(N)(CC)C1CCCCN1CCOC.CCCCCCC1CCCC(C(N)(CC)CC)N1CC.CCCCCCN1CCCCC1C(N)(CC)CC.CCN1CCCCC1C(CC)(CC)NCCN(C)C.CCN1CCCCC1C(CC)(CC)NCCO. The Morgan fingerprint density at radius 2 is 0.813 bits per heavy atom. The van der Waals surface area contributed by atoms with E-state index in [-0.39, 0.29) is 28.8 Å². The maximum atomic E-state index is 9.07. The molecule has 0 spiro atoms. The Morgan fingerprint density at radius 3 is 1.21 bits per heavy atom. The summed E-state index contributed by atoms with van der Waals surface area (Å²) in [6, 6.07) is 5.39. The van der Waals surface area contributed by atoms with E-state index in [0.717, 1.165) is 109 Å². The zero-order chi connectivity index (χ0) is 80.0. The van der Waals surface area contributed by atoms with E-state index in [9.17, 15) is 0 Å². The predicted molar refractivity (Wildman–Crippen MR) is 472 cm³/mol. The number of nitrogens with zero attached hydrogens (tertiary/aromatic N) is 8. The number of piperidine rings is 6. The van der Waals surface area contributed by atoms with Gasteiger partial charge in [0.1, 0.15) is 0 Å². The number of nitrogens with one attached hydrogen (secondary N) is 2. The van der Waals surface area contributed by atoms with Gasteiger partial charge in [-0.05, 0) is 281 Å². The Balaban J connectivity index is 0.000000437. The van der Waals surface area contributed by atoms with Crippen LogP contribution in [0.2, 0.25) is 0 Å². The molecule has 7 rings (SSSR count). The second-order valence-corrected chi connectivity index (χ2v) is 35.8. The van der Waals surface area contributed by atoms with Gasteiger partial charge in [0.25, 0.3) is 0 Å². The topological polar surface area (TPSA) is 157 Å². The van der Waals surface area contributed by atoms with E-state index in [0.29, 0.717) is 41.3 Å². The van der Waals surface area contributed by atoms with Gasteiger partial charge in [0, 0.05) is 115 Å². The third kappa shape index (κ3) is 32.8. The first kappa shape index (κ1) is 102. The van der Waals surface area contributed by atoms with Crippen LogP contribution in [0, 0.1) is 0 Å². The normalized spacial score (nSPS) is 24.2. The number of ether oxygens (including phenoxy) is 1. The zero-order valence-corrected chi connectivity index (χ0v) is 76.4. The molecule has 7 atom stereocenters. The van der Waals surface area contributed by atoms with E-state index in [1.54, 1.807) is 7.11 Å². The number of aliphatic hydroxyl groups excluding tert-OH is 1. The predicted octanol–water partition coefficient (Wildman–Crippen LogP) is 18.4. The van der Waals surface area contributed by atoms with Crippen LogP contribution in [0.25, 0.3) is 0 Å². The summed E-state index contributed by atoms with van der Waals surface area (Å²) in [4.78, 5) is 21.1. The monoisotopic (exact) mass is 1510 g/mol. The summed E-state index contributed by atoms with van der Waals surface area (Å²) in [5.74, 6) is 0. The number of rotatable bonds is 41. The number of unbranched alkanes of at least 4 members (excludes halogenated alkanes) is 6. The molecule has 0 aromatic carbocycles. The number of likely N-dealkylation sites (tertiary alicyclic amines) is 7. The Labute approximate surface area is 669 Å². The third-order valence-electron chi connectivity index (χ3n) is 29.1. The van der Waals surface area contributed by atoms with E-state index >= 15 is 0 Å². The van der Waals surface area contributed by atoms with Crippen LogP contribution in [-0.2, 0) is 4.74 Å². The Morgan fingerprint density at radius 1 is 0.421 bits per heavy atom. The lowest BCUT2D eigenvalue weighted by atomic mass is 9.78. The van der Waals surface area contributed by atoms with Gasteiger partial charge in [-0.25, -0.2) is 0 Å². The lowest BCUT2D eigenvalue weighted by molar-refractivity contribution is -0.00510. The van der Waals surface area contributed by atoms with E-state index in [1.807, 2.05) is 0 Å². The summed E-state index contributed by atoms with van der Waals surface area (Å²) in [7, 11) is 6.08. The smallest absolute Gasteiger partial charge is 0.0589 e. The zero-order valence-electron chi connectivity index (χ0n) is 76.4. The number of β-amino-alcohol motifs (C(OH)–C–C–N with tert-alkyl or cyclic N) is 1. The van der Waals surface area contributed by atoms with Crippen LogP contribution in [0.5, 0.6) is 0 Å². The quantitative estimate of drug-likeness (QED) is 0.0321. The van der Waals surface area contributed by atoms with Crippen molar-refractivity contribution < 1.29 is 9.84 Å². The highest BCUT2D eigenvalue weighted by Crippen LogP contribution is 2.38. The van der Waals surface area contributed by atoms with Crippen molar-refractivity contribution in [1.29, 1.82) is 0 Å². The Hall–Kier alpha value is -0.600. The van der Waals surface area contributed by atoms with Gasteiger partial charge in [-0.3, -0.25) is 34.3 Å². The fourth-order valence-corrected chi connectivity index (χ4v) is 21.1. The van der Waals surface area contributed by atoms with Gasteiger partial charge in [0.15, 0.2) is 0 Å². The second-order valence-electron chi connectivity index (χ2n) is 35.8. The maximum Gasteiger partial charge on any atom is 0.0589 e. The van der Waals surface area contributed by atoms with Gasteiger partial charge in [-0.2, -0.15) is 0 Å². The number of hydrogen-bond acceptors (Lipinski definition) is 15. The van der Waals surface area contributed by atoms with Gasteiger partial charge < -0.3 is 42.6 Å². The third-order valence-corrected chi connectivity index (χ3v) is 29.1. The van der Waals surface area contributed by atoms with Crippen LogP contribution in [0.1, 0.15) is 382 Å². The molecule has 107 heavy (non-hydrogen) atoms. The van der Waals surface area contributed by atoms with Crippen LogP contribution in [0.15, 0.2) is 0 Å². The van der Waals surface area contributed by atoms with Crippen molar-refractivity contribution in [3.8, 4) is 0 Å². The molecule has 7 heterocycles. The molecule has 7 saturated heterocycles. The summed E-state index contributed by atoms with van der Waals surface area (Å²) in [6.07, 6.45) is 50.8. The molecule has 7 aliphatic rings. The van der Waals surface area contributed by atoms with Crippen molar-refractivity contribution in [3.05, 3.63) is 0 Å². The molecular weight excluding hydrogens is 1320 g/mol. The number of methoxy groups -OCH3 is 1. The molecule has 0 amide bonds. The molecular formula is C92H195N13O2. The lowest BCUT2D eigenvalue weighted by Crippen LogP contribution is -2.62. The van der Waals surface area contributed by atoms with Crippen molar-refractivity contribution in [2.45, 2.75) is 464 Å². The van der Waals surface area contributed by atoms with Crippen molar-refractivity contribution >= 4 is 0 Å². The highest BCUT2D eigenvalue weighted by Gasteiger charge is 2.45. The lowest BCUT2D eigenvalue weighted by Gasteiger charge is -2.51. The first-order chi connectivity index (χ1) is 51.3. The first-order valence-electron chi connectivity index (χ1n) is 47.2. The maximum absolute atomic E-state index is 9.07. The van der Waals surface area contributed by atoms with Crippen molar-refractivity contribution in [2.24, 2.45) is 17.2 Å². The summed E-state index contributed by atoms with van der Waals surface area (Å²) < 4.78 is 5.19. The first-order valence-corrected chi connectivity index (χ1v) is 47.2. The minimum absolute atomic E-state index is 0.00579. The van der Waals surface area contributed by atoms with Gasteiger partial charge in [-0.1, -0.05) is 187 Å². The molecule has 0 bridgehead atoms. The van der Waals surface area contributed by atoms with Crippen molar-refractivity contribution in [3.63, 3.8) is 0 Å². The summed E-state index contributed by atoms with van der Waals surface area (Å²) in [5.41, 5.74) is 20.9. The molecule has 7 aliphatic heterocycles. The van der Waals surface area contributed by atoms with E-state index < -0.39 is 0 Å². The van der Waals surface area contributed by atoms with Crippen LogP contribution in [-0.4, -0.2) is 258 Å². The number of hydrogen-bond donors (Lipinski definition) is 6. The summed E-state index contributed by atoms with van der Waals surface area (Å²) in [6.45, 7) is 62.6. The average Bonchev–Trinajstić information content (AvgIpc) is 1.76. The van der Waals surface area contributed by atoms with Crippen molar-refractivity contribution in [2.75, 3.05) is 133 Å². The van der Waals surface area contributed by atoms with Gasteiger partial charge >= 0.3 is 0 Å². The fourth-order valence-electron chi connectivity index (χ4n) is 21.1. The molecule has 7 unspecified atom stereocenters. The van der Waals surface area contributed by atoms with Crippen LogP contribution < -0.4 is 27.8 Å². The van der Waals surface area contributed by atoms with Crippen LogP contribution >= 0.6 is 0 Å². The minimum atomic E-state index is -0.00579. The Kier molecular flexibility index (Phi) is 54.3. The highest BCUT2D eigenvalue weighted by atomic mass is 16.5. The molecule has 7 fully saturated rings. The Bertz CT molecular complexity index is 2070. The number of likely N-dealkylation sites (N-methyl/N-ethyl adjacent to an activating group) is 4. The molecule has 0 radical (unpaired) electrons. The average molecular weight is 1520 g/mol. The summed E-state index contributed by atoms with van der Waals surface area (Å²) >= 11 is 0. The van der Waals surface area contributed by atoms with Gasteiger partial charge in [0.05, 0.1) is 13.2 Å². The van der Waals surface area contributed by atoms with Crippen LogP contribution in [0.3, 0.4) is 0 Å². The standard InChI is InChI=1S/C18H38N2.C16H35N3.C16H34N2.C15H30N2.C14H30N2O.C13H28N2O/c1-5-9-10-11-13-16-14-12-15-17(20(16)8-4)18(19,6-2)7-3;1-6-16(7-2,17-12-14-18(4)5)15-11-9-10-13-19(15)8-3;1-4-7-8-10-13-18-14-11-9-12-15(18)16(17,5-2)6-3;1-13(2)17-12-6-5-9-14(17)15(3,4)16-10-7-8-11-16;1-4-14(5-2,15-10-12-17)13-9-7-8-11-16(13)6-3;1-4-13(14,5-2)12-8-6-7-9-15(12)10-11-16-3/h16-17H,5-15,19H2,1-4H3;15,17H,6-14H2,1-5H3;15H,4-14,17H2,1-3H3;13-14H,5-12H2,1-4H3;13,15,17H,4-12H2,1-3H3;12H,4-11,14H2,1-3H3. The largest absolute Gasteiger partial charge is 0.395 e. The molecule has 15 heteroatoms.